The number of nitrogens with zero attached hydrogens (tertiary/aromatic N) is 2. The van der Waals surface area contributed by atoms with Gasteiger partial charge in [-0.1, -0.05) is 54.6 Å². The SMILES string of the molecule is CC1=C(C(=O)Nc2cc(C)ccn2)[C@@H](c2ccc3c(c2)c2ccccc2n3C)C2=C(C[C@H](c3ccccc3)CC2=O)N1. The van der Waals surface area contributed by atoms with Gasteiger partial charge in [-0.2, -0.15) is 0 Å². The lowest BCUT2D eigenvalue weighted by molar-refractivity contribution is -0.116. The molecule has 1 aliphatic heterocycles. The van der Waals surface area contributed by atoms with Gasteiger partial charge in [-0.05, 0) is 73.2 Å². The molecule has 1 amide bonds. The zero-order valence-corrected chi connectivity index (χ0v) is 23.9. The summed E-state index contributed by atoms with van der Waals surface area (Å²) < 4.78 is 2.19. The Labute approximate surface area is 244 Å². The summed E-state index contributed by atoms with van der Waals surface area (Å²) in [6.45, 7) is 3.90. The van der Waals surface area contributed by atoms with Crippen molar-refractivity contribution in [2.75, 3.05) is 5.32 Å². The predicted octanol–water partition coefficient (Wildman–Crippen LogP) is 7.04. The number of hydrogen-bond acceptors (Lipinski definition) is 4. The van der Waals surface area contributed by atoms with Gasteiger partial charge in [0.15, 0.2) is 5.78 Å². The van der Waals surface area contributed by atoms with Gasteiger partial charge in [-0.3, -0.25) is 9.59 Å². The number of hydrogen-bond donors (Lipinski definition) is 2. The maximum Gasteiger partial charge on any atom is 0.255 e. The molecule has 0 saturated heterocycles. The topological polar surface area (TPSA) is 76.0 Å². The Bertz CT molecular complexity index is 1960. The van der Waals surface area contributed by atoms with Crippen LogP contribution in [0.4, 0.5) is 5.82 Å². The maximum absolute atomic E-state index is 14.1. The van der Waals surface area contributed by atoms with Crippen LogP contribution in [0, 0.1) is 6.92 Å². The molecule has 6 nitrogen and oxygen atoms in total. The number of allylic oxidation sites excluding steroid dienone is 3. The Hall–Kier alpha value is -4.97. The number of para-hydroxylation sites is 1. The summed E-state index contributed by atoms with van der Waals surface area (Å²) in [6.07, 6.45) is 2.81. The van der Waals surface area contributed by atoms with Crippen LogP contribution in [-0.2, 0) is 16.6 Å². The van der Waals surface area contributed by atoms with Crippen molar-refractivity contribution in [3.8, 4) is 0 Å². The molecule has 3 heterocycles. The molecular formula is C36H32N4O2. The number of benzene rings is 3. The fraction of sp³-hybridized carbons (Fsp3) is 0.194. The average Bonchev–Trinajstić information content (AvgIpc) is 3.28. The molecule has 0 fully saturated rings. The van der Waals surface area contributed by atoms with Gasteiger partial charge in [0.25, 0.3) is 5.91 Å². The Kier molecular flexibility index (Phi) is 6.27. The van der Waals surface area contributed by atoms with Gasteiger partial charge >= 0.3 is 0 Å². The molecule has 42 heavy (non-hydrogen) atoms. The van der Waals surface area contributed by atoms with Crippen molar-refractivity contribution < 1.29 is 9.59 Å². The zero-order valence-electron chi connectivity index (χ0n) is 23.9. The largest absolute Gasteiger partial charge is 0.362 e. The van der Waals surface area contributed by atoms with Gasteiger partial charge in [0.05, 0.1) is 0 Å². The first-order valence-corrected chi connectivity index (χ1v) is 14.4. The summed E-state index contributed by atoms with van der Waals surface area (Å²) in [5.41, 5.74) is 8.24. The van der Waals surface area contributed by atoms with Gasteiger partial charge in [0.1, 0.15) is 5.82 Å². The smallest absolute Gasteiger partial charge is 0.255 e. The monoisotopic (exact) mass is 552 g/mol. The van der Waals surface area contributed by atoms with Crippen molar-refractivity contribution in [2.24, 2.45) is 7.05 Å². The molecule has 6 heteroatoms. The zero-order chi connectivity index (χ0) is 29.0. The molecule has 7 rings (SSSR count). The summed E-state index contributed by atoms with van der Waals surface area (Å²) >= 11 is 0. The van der Waals surface area contributed by atoms with Crippen molar-refractivity contribution in [1.82, 2.24) is 14.9 Å². The van der Waals surface area contributed by atoms with Crippen LogP contribution < -0.4 is 10.6 Å². The van der Waals surface area contributed by atoms with Gasteiger partial charge in [0.2, 0.25) is 0 Å². The number of carbonyl (C=O) groups is 2. The first-order valence-electron chi connectivity index (χ1n) is 14.4. The van der Waals surface area contributed by atoms with Crippen molar-refractivity contribution in [3.63, 3.8) is 0 Å². The molecule has 0 spiro atoms. The highest BCUT2D eigenvalue weighted by molar-refractivity contribution is 6.11. The number of aryl methyl sites for hydroxylation is 2. The second kappa shape index (κ2) is 10.1. The Morgan fingerprint density at radius 3 is 2.45 bits per heavy atom. The van der Waals surface area contributed by atoms with E-state index < -0.39 is 5.92 Å². The van der Waals surface area contributed by atoms with E-state index in [1.165, 1.54) is 0 Å². The van der Waals surface area contributed by atoms with Crippen molar-refractivity contribution >= 4 is 39.3 Å². The normalized spacial score (nSPS) is 18.8. The lowest BCUT2D eigenvalue weighted by Crippen LogP contribution is -2.37. The third-order valence-electron chi connectivity index (χ3n) is 8.77. The molecule has 5 aromatic rings. The molecule has 2 aliphatic rings. The molecule has 2 N–H and O–H groups in total. The molecule has 0 saturated carbocycles. The van der Waals surface area contributed by atoms with Crippen molar-refractivity contribution in [2.45, 2.75) is 38.5 Å². The number of ketones is 1. The number of nitrogens with one attached hydrogen (secondary N) is 2. The van der Waals surface area contributed by atoms with Crippen molar-refractivity contribution in [1.29, 1.82) is 0 Å². The standard InChI is InChI=1S/C36H32N4O2/c1-21-15-16-37-32(17-21)39-36(42)33-22(2)38-28-19-25(23-9-5-4-6-10-23)20-31(41)35(28)34(33)24-13-14-30-27(18-24)26-11-7-8-12-29(26)40(30)3/h4-18,25,34,38H,19-20H2,1-3H3,(H,37,39,42)/t25-,34+/m0/s1. The van der Waals surface area contributed by atoms with Crippen LogP contribution in [0.25, 0.3) is 21.8 Å². The Morgan fingerprint density at radius 1 is 0.881 bits per heavy atom. The van der Waals surface area contributed by atoms with Gasteiger partial charge in [-0.25, -0.2) is 4.98 Å². The highest BCUT2D eigenvalue weighted by Gasteiger charge is 2.41. The maximum atomic E-state index is 14.1. The van der Waals surface area contributed by atoms with Gasteiger partial charge < -0.3 is 15.2 Å². The molecular weight excluding hydrogens is 520 g/mol. The number of amides is 1. The molecule has 0 bridgehead atoms. The quantitative estimate of drug-likeness (QED) is 0.251. The van der Waals surface area contributed by atoms with E-state index >= 15 is 0 Å². The number of fused-ring (bicyclic) bond motifs is 3. The lowest BCUT2D eigenvalue weighted by Gasteiger charge is -2.37. The second-order valence-electron chi connectivity index (χ2n) is 11.5. The Morgan fingerprint density at radius 2 is 1.64 bits per heavy atom. The summed E-state index contributed by atoms with van der Waals surface area (Å²) in [7, 11) is 2.07. The summed E-state index contributed by atoms with van der Waals surface area (Å²) in [5, 5.41) is 8.77. The minimum Gasteiger partial charge on any atom is -0.362 e. The van der Waals surface area contributed by atoms with E-state index in [-0.39, 0.29) is 17.6 Å². The van der Waals surface area contributed by atoms with E-state index in [1.54, 1.807) is 6.20 Å². The minimum absolute atomic E-state index is 0.0760. The highest BCUT2D eigenvalue weighted by atomic mass is 16.2. The molecule has 3 aromatic carbocycles. The number of Topliss-reactive ketones (excluding diaryl/α,β-unsaturated/α-hetero) is 1. The molecule has 208 valence electrons. The van der Waals surface area contributed by atoms with E-state index in [9.17, 15) is 9.59 Å². The third-order valence-corrected chi connectivity index (χ3v) is 8.77. The van der Waals surface area contributed by atoms with E-state index in [1.807, 2.05) is 56.3 Å². The number of pyridine rings is 1. The predicted molar refractivity (Wildman–Crippen MR) is 167 cm³/mol. The highest BCUT2D eigenvalue weighted by Crippen LogP contribution is 2.46. The summed E-state index contributed by atoms with van der Waals surface area (Å²) in [6, 6.07) is 28.7. The molecule has 2 aromatic heterocycles. The molecule has 0 unspecified atom stereocenters. The van der Waals surface area contributed by atoms with Crippen LogP contribution in [0.5, 0.6) is 0 Å². The van der Waals surface area contributed by atoms with Crippen LogP contribution in [0.1, 0.15) is 48.3 Å². The fourth-order valence-electron chi connectivity index (χ4n) is 6.79. The van der Waals surface area contributed by atoms with Crippen LogP contribution in [0.2, 0.25) is 0 Å². The lowest BCUT2D eigenvalue weighted by atomic mass is 9.71. The number of dihydropyridines is 1. The number of anilines is 1. The van der Waals surface area contributed by atoms with E-state index in [4.69, 9.17) is 0 Å². The van der Waals surface area contributed by atoms with Crippen molar-refractivity contribution in [3.05, 3.63) is 130 Å². The number of rotatable bonds is 4. The number of carbonyl (C=O) groups excluding carboxylic acids is 2. The van der Waals surface area contributed by atoms with Gasteiger partial charge in [0, 0.05) is 69.9 Å². The molecule has 1 aliphatic carbocycles. The second-order valence-corrected chi connectivity index (χ2v) is 11.5. The van der Waals surface area contributed by atoms with E-state index in [0.29, 0.717) is 29.8 Å². The van der Waals surface area contributed by atoms with Crippen LogP contribution in [-0.4, -0.2) is 21.2 Å². The molecule has 0 radical (unpaired) electrons. The summed E-state index contributed by atoms with van der Waals surface area (Å²) in [5.74, 6) is -0.107. The number of aromatic nitrogens is 2. The van der Waals surface area contributed by atoms with E-state index in [0.717, 1.165) is 49.9 Å². The average molecular weight is 553 g/mol. The Balaban J connectivity index is 1.38. The minimum atomic E-state index is -0.501. The molecule has 2 atom stereocenters. The van der Waals surface area contributed by atoms with Crippen LogP contribution >= 0.6 is 0 Å². The first-order chi connectivity index (χ1) is 20.4. The van der Waals surface area contributed by atoms with Crippen LogP contribution in [0.3, 0.4) is 0 Å². The third kappa shape index (κ3) is 4.31. The summed E-state index contributed by atoms with van der Waals surface area (Å²) in [4.78, 5) is 32.5. The van der Waals surface area contributed by atoms with Gasteiger partial charge in [-0.15, -0.1) is 0 Å². The van der Waals surface area contributed by atoms with Crippen LogP contribution in [0.15, 0.2) is 114 Å². The van der Waals surface area contributed by atoms with E-state index in [2.05, 4.69) is 69.7 Å². The fourth-order valence-corrected chi connectivity index (χ4v) is 6.79. The first kappa shape index (κ1) is 26.0.